The van der Waals surface area contributed by atoms with E-state index in [0.29, 0.717) is 0 Å². The molecule has 5 nitrogen and oxygen atoms in total. The van der Waals surface area contributed by atoms with Crippen molar-refractivity contribution in [1.82, 2.24) is 14.8 Å². The van der Waals surface area contributed by atoms with Crippen LogP contribution in [0.15, 0.2) is 66.7 Å². The van der Waals surface area contributed by atoms with E-state index in [1.165, 1.54) is 5.56 Å². The van der Waals surface area contributed by atoms with Gasteiger partial charge in [-0.3, -0.25) is 14.7 Å². The van der Waals surface area contributed by atoms with Crippen LogP contribution in [0.4, 0.5) is 0 Å². The summed E-state index contributed by atoms with van der Waals surface area (Å²) in [6.45, 7) is 7.77. The molecule has 0 radical (unpaired) electrons. The number of amides is 1. The van der Waals surface area contributed by atoms with Crippen molar-refractivity contribution in [3.05, 3.63) is 89.1 Å². The van der Waals surface area contributed by atoms with Gasteiger partial charge in [0.15, 0.2) is 0 Å². The average molecular weight is 456 g/mol. The van der Waals surface area contributed by atoms with Crippen LogP contribution < -0.4 is 0 Å². The van der Waals surface area contributed by atoms with Gasteiger partial charge in [-0.15, -0.1) is 0 Å². The number of morpholine rings is 1. The number of hydrogen-bond donors (Lipinski definition) is 0. The first-order valence-corrected chi connectivity index (χ1v) is 12.4. The molecule has 176 valence electrons. The van der Waals surface area contributed by atoms with E-state index in [2.05, 4.69) is 60.4 Å². The second-order valence-corrected chi connectivity index (χ2v) is 9.45. The Labute approximate surface area is 202 Å². The largest absolute Gasteiger partial charge is 0.379 e. The Morgan fingerprint density at radius 2 is 1.82 bits per heavy atom. The molecule has 3 aromatic rings. The maximum absolute atomic E-state index is 13.6. The molecule has 0 spiro atoms. The Morgan fingerprint density at radius 3 is 2.68 bits per heavy atom. The van der Waals surface area contributed by atoms with Gasteiger partial charge in [0.05, 0.1) is 18.9 Å². The normalized spacial score (nSPS) is 19.2. The standard InChI is InChI=1S/C29H33N3O2/c1-22-7-4-9-23(19-22)27-12-5-13-28(30-27)25-10-6-14-32(21-25)29(33)26-11-3-2-8-24(26)20-31-15-17-34-18-16-31/h2-5,7-9,11-13,19,25H,6,10,14-18,20-21H2,1H3/t25-/m1/s1. The lowest BCUT2D eigenvalue weighted by Crippen LogP contribution is -2.40. The molecule has 34 heavy (non-hydrogen) atoms. The Hall–Kier alpha value is -3.02. The number of carbonyl (C=O) groups excluding carboxylic acids is 1. The summed E-state index contributed by atoms with van der Waals surface area (Å²) in [6.07, 6.45) is 2.06. The Kier molecular flexibility index (Phi) is 7.02. The summed E-state index contributed by atoms with van der Waals surface area (Å²) in [4.78, 5) is 23.0. The maximum Gasteiger partial charge on any atom is 0.254 e. The van der Waals surface area contributed by atoms with Gasteiger partial charge in [-0.25, -0.2) is 0 Å². The van der Waals surface area contributed by atoms with E-state index in [4.69, 9.17) is 9.72 Å². The highest BCUT2D eigenvalue weighted by Gasteiger charge is 2.28. The molecule has 2 aliphatic rings. The van der Waals surface area contributed by atoms with E-state index >= 15 is 0 Å². The second-order valence-electron chi connectivity index (χ2n) is 9.45. The number of aromatic nitrogens is 1. The minimum atomic E-state index is 0.142. The van der Waals surface area contributed by atoms with Crippen LogP contribution in [0.3, 0.4) is 0 Å². The van der Waals surface area contributed by atoms with Crippen LogP contribution in [0.1, 0.15) is 45.9 Å². The number of nitrogens with zero attached hydrogens (tertiary/aromatic N) is 3. The van der Waals surface area contributed by atoms with Crippen LogP contribution >= 0.6 is 0 Å². The van der Waals surface area contributed by atoms with Gasteiger partial charge in [0.1, 0.15) is 0 Å². The quantitative estimate of drug-likeness (QED) is 0.549. The van der Waals surface area contributed by atoms with Gasteiger partial charge in [0.2, 0.25) is 0 Å². The number of ether oxygens (including phenoxy) is 1. The zero-order chi connectivity index (χ0) is 23.3. The third-order valence-electron chi connectivity index (χ3n) is 6.96. The first kappa shape index (κ1) is 22.8. The number of piperidine rings is 1. The van der Waals surface area contributed by atoms with Crippen molar-refractivity contribution < 1.29 is 9.53 Å². The van der Waals surface area contributed by atoms with Crippen molar-refractivity contribution in [3.8, 4) is 11.3 Å². The van der Waals surface area contributed by atoms with Gasteiger partial charge in [-0.1, -0.05) is 48.0 Å². The summed E-state index contributed by atoms with van der Waals surface area (Å²) in [5.74, 6) is 0.400. The number of hydrogen-bond acceptors (Lipinski definition) is 4. The summed E-state index contributed by atoms with van der Waals surface area (Å²) in [5, 5.41) is 0. The number of likely N-dealkylation sites (tertiary alicyclic amines) is 1. The van der Waals surface area contributed by atoms with Gasteiger partial charge in [-0.05, 0) is 49.6 Å². The SMILES string of the molecule is Cc1cccc(-c2cccc([C@@H]3CCCN(C(=O)c4ccccc4CN4CCOCC4)C3)n2)c1. The minimum absolute atomic E-state index is 0.142. The summed E-state index contributed by atoms with van der Waals surface area (Å²) in [5.41, 5.74) is 6.39. The Morgan fingerprint density at radius 1 is 1.00 bits per heavy atom. The lowest BCUT2D eigenvalue weighted by Gasteiger charge is -2.33. The molecule has 1 atom stereocenters. The average Bonchev–Trinajstić information content (AvgIpc) is 2.89. The summed E-state index contributed by atoms with van der Waals surface area (Å²) < 4.78 is 5.48. The molecular weight excluding hydrogens is 422 g/mol. The smallest absolute Gasteiger partial charge is 0.254 e. The van der Waals surface area contributed by atoms with Gasteiger partial charge in [0.25, 0.3) is 5.91 Å². The Balaban J connectivity index is 1.32. The van der Waals surface area contributed by atoms with Gasteiger partial charge < -0.3 is 9.64 Å². The molecule has 0 aliphatic carbocycles. The van der Waals surface area contributed by atoms with Crippen LogP contribution in [0.25, 0.3) is 11.3 Å². The van der Waals surface area contributed by atoms with Crippen molar-refractivity contribution >= 4 is 5.91 Å². The fourth-order valence-electron chi connectivity index (χ4n) is 5.08. The van der Waals surface area contributed by atoms with Crippen molar-refractivity contribution in [1.29, 1.82) is 0 Å². The molecule has 0 unspecified atom stereocenters. The topological polar surface area (TPSA) is 45.7 Å². The molecule has 2 aliphatic heterocycles. The van der Waals surface area contributed by atoms with Crippen LogP contribution in [-0.2, 0) is 11.3 Å². The fraction of sp³-hybridized carbons (Fsp3) is 0.379. The van der Waals surface area contributed by atoms with E-state index in [1.807, 2.05) is 23.1 Å². The first-order chi connectivity index (χ1) is 16.7. The van der Waals surface area contributed by atoms with Crippen LogP contribution in [0, 0.1) is 6.92 Å². The number of carbonyl (C=O) groups is 1. The maximum atomic E-state index is 13.6. The van der Waals surface area contributed by atoms with E-state index in [1.54, 1.807) is 0 Å². The number of aryl methyl sites for hydroxylation is 1. The van der Waals surface area contributed by atoms with Crippen LogP contribution in [0.2, 0.25) is 0 Å². The molecule has 2 aromatic carbocycles. The van der Waals surface area contributed by atoms with Crippen molar-refractivity contribution in [2.24, 2.45) is 0 Å². The molecule has 1 amide bonds. The molecule has 5 heteroatoms. The molecule has 0 saturated carbocycles. The highest BCUT2D eigenvalue weighted by molar-refractivity contribution is 5.95. The third kappa shape index (κ3) is 5.21. The molecule has 3 heterocycles. The second kappa shape index (κ2) is 10.5. The zero-order valence-corrected chi connectivity index (χ0v) is 20.0. The molecular formula is C29H33N3O2. The lowest BCUT2D eigenvalue weighted by atomic mass is 9.93. The fourth-order valence-corrected chi connectivity index (χ4v) is 5.08. The van der Waals surface area contributed by atoms with Gasteiger partial charge in [0, 0.05) is 55.5 Å². The predicted molar refractivity (Wildman–Crippen MR) is 135 cm³/mol. The zero-order valence-electron chi connectivity index (χ0n) is 20.0. The van der Waals surface area contributed by atoms with Crippen molar-refractivity contribution in [2.45, 2.75) is 32.2 Å². The molecule has 0 N–H and O–H groups in total. The molecule has 5 rings (SSSR count). The third-order valence-corrected chi connectivity index (χ3v) is 6.96. The molecule has 2 fully saturated rings. The van der Waals surface area contributed by atoms with E-state index in [0.717, 1.165) is 86.9 Å². The monoisotopic (exact) mass is 455 g/mol. The van der Waals surface area contributed by atoms with Gasteiger partial charge in [-0.2, -0.15) is 0 Å². The van der Waals surface area contributed by atoms with Gasteiger partial charge >= 0.3 is 0 Å². The highest BCUT2D eigenvalue weighted by Crippen LogP contribution is 2.29. The minimum Gasteiger partial charge on any atom is -0.379 e. The lowest BCUT2D eigenvalue weighted by molar-refractivity contribution is 0.0339. The predicted octanol–water partition coefficient (Wildman–Crippen LogP) is 4.91. The van der Waals surface area contributed by atoms with E-state index in [-0.39, 0.29) is 11.8 Å². The van der Waals surface area contributed by atoms with Crippen molar-refractivity contribution in [3.63, 3.8) is 0 Å². The molecule has 0 bridgehead atoms. The first-order valence-electron chi connectivity index (χ1n) is 12.4. The highest BCUT2D eigenvalue weighted by atomic mass is 16.5. The Bertz CT molecular complexity index is 1140. The number of pyridine rings is 1. The number of rotatable bonds is 5. The van der Waals surface area contributed by atoms with Crippen molar-refractivity contribution in [2.75, 3.05) is 39.4 Å². The summed E-state index contributed by atoms with van der Waals surface area (Å²) >= 11 is 0. The molecule has 2 saturated heterocycles. The van der Waals surface area contributed by atoms with E-state index < -0.39 is 0 Å². The van der Waals surface area contributed by atoms with E-state index in [9.17, 15) is 4.79 Å². The number of benzene rings is 2. The summed E-state index contributed by atoms with van der Waals surface area (Å²) in [7, 11) is 0. The van der Waals surface area contributed by atoms with Crippen LogP contribution in [-0.4, -0.2) is 60.1 Å². The van der Waals surface area contributed by atoms with Crippen LogP contribution in [0.5, 0.6) is 0 Å². The molecule has 1 aromatic heterocycles. The summed E-state index contributed by atoms with van der Waals surface area (Å²) in [6, 6.07) is 22.8.